The largest absolute Gasteiger partial charge is 0.360 e. The molecule has 0 aliphatic heterocycles. The molecule has 1 amide bonds. The van der Waals surface area contributed by atoms with Crippen molar-refractivity contribution in [2.24, 2.45) is 0 Å². The van der Waals surface area contributed by atoms with E-state index in [9.17, 15) is 14.9 Å². The first-order valence-electron chi connectivity index (χ1n) is 7.75. The first-order chi connectivity index (χ1) is 13.0. The Bertz CT molecular complexity index is 958. The van der Waals surface area contributed by atoms with Crippen LogP contribution in [0.3, 0.4) is 0 Å². The molecule has 2 aromatic heterocycles. The minimum atomic E-state index is -0.454. The van der Waals surface area contributed by atoms with Gasteiger partial charge in [0.1, 0.15) is 0 Å². The number of carbonyl (C=O) groups excluding carboxylic acids is 1. The van der Waals surface area contributed by atoms with E-state index in [-0.39, 0.29) is 17.3 Å². The topological polar surface area (TPSA) is 123 Å². The Labute approximate surface area is 166 Å². The van der Waals surface area contributed by atoms with Crippen LogP contribution in [-0.4, -0.2) is 38.3 Å². The van der Waals surface area contributed by atoms with Crippen molar-refractivity contribution in [2.45, 2.75) is 11.3 Å². The number of carbonyl (C=O) groups is 1. The van der Waals surface area contributed by atoms with E-state index < -0.39 is 4.92 Å². The van der Waals surface area contributed by atoms with Crippen LogP contribution in [-0.2, 0) is 4.79 Å². The third kappa shape index (κ3) is 5.21. The van der Waals surface area contributed by atoms with Gasteiger partial charge in [-0.05, 0) is 6.92 Å². The third-order valence-electron chi connectivity index (χ3n) is 3.16. The summed E-state index contributed by atoms with van der Waals surface area (Å²) < 4.78 is 0.706. The third-order valence-corrected chi connectivity index (χ3v) is 5.94. The van der Waals surface area contributed by atoms with Gasteiger partial charge < -0.3 is 10.6 Å². The summed E-state index contributed by atoms with van der Waals surface area (Å²) in [5.41, 5.74) is 1.20. The van der Waals surface area contributed by atoms with Crippen LogP contribution in [0.1, 0.15) is 6.92 Å². The second-order valence-electron chi connectivity index (χ2n) is 5.09. The van der Waals surface area contributed by atoms with E-state index >= 15 is 0 Å². The highest BCUT2D eigenvalue weighted by Gasteiger charge is 2.12. The Morgan fingerprint density at radius 2 is 2.19 bits per heavy atom. The van der Waals surface area contributed by atoms with Crippen molar-refractivity contribution in [2.75, 3.05) is 22.9 Å². The lowest BCUT2D eigenvalue weighted by atomic mass is 10.1. The molecule has 0 bridgehead atoms. The van der Waals surface area contributed by atoms with Gasteiger partial charge in [-0.25, -0.2) is 4.98 Å². The fourth-order valence-corrected chi connectivity index (χ4v) is 4.37. The molecule has 27 heavy (non-hydrogen) atoms. The van der Waals surface area contributed by atoms with E-state index in [1.807, 2.05) is 6.92 Å². The zero-order chi connectivity index (χ0) is 19.2. The predicted octanol–water partition coefficient (Wildman–Crippen LogP) is 3.73. The second kappa shape index (κ2) is 8.88. The molecule has 9 nitrogen and oxygen atoms in total. The summed E-state index contributed by atoms with van der Waals surface area (Å²) >= 11 is 3.95. The van der Waals surface area contributed by atoms with Crippen LogP contribution >= 0.6 is 34.4 Å². The van der Waals surface area contributed by atoms with Gasteiger partial charge in [0.2, 0.25) is 11.0 Å². The van der Waals surface area contributed by atoms with Crippen LogP contribution in [0.5, 0.6) is 0 Å². The van der Waals surface area contributed by atoms with Gasteiger partial charge in [0.15, 0.2) is 9.47 Å². The number of anilines is 2. The molecule has 0 spiro atoms. The Balaban J connectivity index is 1.57. The molecule has 2 N–H and O–H groups in total. The van der Waals surface area contributed by atoms with Crippen molar-refractivity contribution in [3.63, 3.8) is 0 Å². The lowest BCUT2D eigenvalue weighted by molar-refractivity contribution is -0.384. The molecule has 0 fully saturated rings. The number of non-ortho nitro benzene ring substituents is 1. The molecule has 12 heteroatoms. The van der Waals surface area contributed by atoms with Crippen molar-refractivity contribution in [1.82, 2.24) is 15.2 Å². The van der Waals surface area contributed by atoms with Gasteiger partial charge >= 0.3 is 0 Å². The number of nitrogens with zero attached hydrogens (tertiary/aromatic N) is 4. The van der Waals surface area contributed by atoms with Crippen LogP contribution in [0, 0.1) is 10.1 Å². The molecule has 2 heterocycles. The molecule has 3 aromatic rings. The summed E-state index contributed by atoms with van der Waals surface area (Å²) in [4.78, 5) is 26.8. The van der Waals surface area contributed by atoms with Crippen LogP contribution in [0.15, 0.2) is 34.0 Å². The first kappa shape index (κ1) is 19.2. The summed E-state index contributed by atoms with van der Waals surface area (Å²) in [5, 5.41) is 27.5. The first-order valence-corrected chi connectivity index (χ1v) is 10.4. The van der Waals surface area contributed by atoms with Crippen LogP contribution in [0.2, 0.25) is 0 Å². The molecule has 0 aliphatic rings. The summed E-state index contributed by atoms with van der Waals surface area (Å²) in [7, 11) is 0. The summed E-state index contributed by atoms with van der Waals surface area (Å²) in [6.07, 6.45) is 0. The standard InChI is InChI=1S/C15H14N6O3S3/c1-2-16-13-19-20-15(27-13)26-8-12(22)18-14-17-11(7-25-14)9-4-3-5-10(6-9)21(23)24/h3-7H,2,8H2,1H3,(H,16,19)(H,17,18,22). The summed E-state index contributed by atoms with van der Waals surface area (Å²) in [6.45, 7) is 2.73. The summed E-state index contributed by atoms with van der Waals surface area (Å²) in [6, 6.07) is 6.21. The van der Waals surface area contributed by atoms with Crippen molar-refractivity contribution < 1.29 is 9.72 Å². The predicted molar refractivity (Wildman–Crippen MR) is 108 cm³/mol. The van der Waals surface area contributed by atoms with Gasteiger partial charge in [-0.15, -0.1) is 21.5 Å². The number of hydrogen-bond donors (Lipinski definition) is 2. The van der Waals surface area contributed by atoms with Crippen molar-refractivity contribution >= 4 is 56.3 Å². The molecule has 0 aliphatic carbocycles. The maximum atomic E-state index is 12.1. The molecule has 0 radical (unpaired) electrons. The Morgan fingerprint density at radius 1 is 1.33 bits per heavy atom. The number of rotatable bonds is 8. The maximum Gasteiger partial charge on any atom is 0.270 e. The number of thioether (sulfide) groups is 1. The van der Waals surface area contributed by atoms with Crippen LogP contribution in [0.25, 0.3) is 11.3 Å². The van der Waals surface area contributed by atoms with Gasteiger partial charge in [-0.1, -0.05) is 35.2 Å². The zero-order valence-electron chi connectivity index (χ0n) is 14.0. The summed E-state index contributed by atoms with van der Waals surface area (Å²) in [5.74, 6) is -0.0212. The molecule has 0 saturated carbocycles. The molecular formula is C15H14N6O3S3. The maximum absolute atomic E-state index is 12.1. The van der Waals surface area contributed by atoms with Gasteiger partial charge in [0, 0.05) is 29.6 Å². The molecule has 3 rings (SSSR count). The fourth-order valence-electron chi connectivity index (χ4n) is 2.02. The van der Waals surface area contributed by atoms with Crippen molar-refractivity contribution in [1.29, 1.82) is 0 Å². The second-order valence-corrected chi connectivity index (χ2v) is 8.14. The highest BCUT2D eigenvalue weighted by atomic mass is 32.2. The van der Waals surface area contributed by atoms with Gasteiger partial charge in [-0.2, -0.15) is 0 Å². The van der Waals surface area contributed by atoms with E-state index in [4.69, 9.17) is 0 Å². The average Bonchev–Trinajstić information content (AvgIpc) is 3.30. The number of amides is 1. The molecule has 0 atom stereocenters. The zero-order valence-corrected chi connectivity index (χ0v) is 16.5. The number of aromatic nitrogens is 3. The van der Waals surface area contributed by atoms with Gasteiger partial charge in [0.25, 0.3) is 5.69 Å². The van der Waals surface area contributed by atoms with E-state index in [2.05, 4.69) is 25.8 Å². The Hall–Kier alpha value is -2.57. The number of thiazole rings is 1. The fraction of sp³-hybridized carbons (Fsp3) is 0.200. The molecule has 1 aromatic carbocycles. The number of nitrogens with one attached hydrogen (secondary N) is 2. The lowest BCUT2D eigenvalue weighted by Crippen LogP contribution is -2.13. The minimum absolute atomic E-state index is 0.00326. The Morgan fingerprint density at radius 3 is 2.96 bits per heavy atom. The van der Waals surface area contributed by atoms with E-state index in [1.54, 1.807) is 17.5 Å². The molecular weight excluding hydrogens is 408 g/mol. The Kier molecular flexibility index (Phi) is 6.32. The average molecular weight is 423 g/mol. The van der Waals surface area contributed by atoms with Crippen molar-refractivity contribution in [3.05, 3.63) is 39.8 Å². The van der Waals surface area contributed by atoms with E-state index in [1.165, 1.54) is 46.6 Å². The van der Waals surface area contributed by atoms with Gasteiger partial charge in [-0.3, -0.25) is 14.9 Å². The van der Waals surface area contributed by atoms with Crippen molar-refractivity contribution in [3.8, 4) is 11.3 Å². The number of benzene rings is 1. The highest BCUT2D eigenvalue weighted by molar-refractivity contribution is 8.01. The number of hydrogen-bond acceptors (Lipinski definition) is 10. The van der Waals surface area contributed by atoms with Crippen LogP contribution < -0.4 is 10.6 Å². The normalized spacial score (nSPS) is 10.6. The number of nitro benzene ring substituents is 1. The molecule has 140 valence electrons. The van der Waals surface area contributed by atoms with Crippen LogP contribution in [0.4, 0.5) is 16.0 Å². The quantitative estimate of drug-likeness (QED) is 0.320. The monoisotopic (exact) mass is 422 g/mol. The smallest absolute Gasteiger partial charge is 0.270 e. The SMILES string of the molecule is CCNc1nnc(SCC(=O)Nc2nc(-c3cccc([N+](=O)[O-])c3)cs2)s1. The van der Waals surface area contributed by atoms with Gasteiger partial charge in [0.05, 0.1) is 16.4 Å². The minimum Gasteiger partial charge on any atom is -0.360 e. The van der Waals surface area contributed by atoms with E-state index in [0.29, 0.717) is 20.7 Å². The molecule has 0 unspecified atom stereocenters. The number of nitro groups is 1. The van der Waals surface area contributed by atoms with E-state index in [0.717, 1.165) is 11.7 Å². The highest BCUT2D eigenvalue weighted by Crippen LogP contribution is 2.28. The molecule has 0 saturated heterocycles. The lowest BCUT2D eigenvalue weighted by Gasteiger charge is -2.00.